The van der Waals surface area contributed by atoms with Gasteiger partial charge in [-0.05, 0) is 31.0 Å². The second-order valence-electron chi connectivity index (χ2n) is 4.48. The number of nitrogens with one attached hydrogen (secondary N) is 1. The molecule has 0 saturated heterocycles. The first kappa shape index (κ1) is 13.6. The molecule has 1 N–H and O–H groups in total. The Labute approximate surface area is 104 Å². The van der Waals surface area contributed by atoms with Gasteiger partial charge in [0.25, 0.3) is 0 Å². The first-order chi connectivity index (χ1) is 7.65. The molecule has 1 nitrogen and oxygen atoms in total. The lowest BCUT2D eigenvalue weighted by Gasteiger charge is -2.21. The molecule has 16 heavy (non-hydrogen) atoms. The summed E-state index contributed by atoms with van der Waals surface area (Å²) in [5, 5.41) is 3.55. The van der Waals surface area contributed by atoms with Crippen LogP contribution in [0.5, 0.6) is 0 Å². The minimum absolute atomic E-state index is 0.606. The van der Waals surface area contributed by atoms with Gasteiger partial charge in [-0.1, -0.05) is 39.0 Å². The van der Waals surface area contributed by atoms with Crippen LogP contribution < -0.4 is 5.32 Å². The molecule has 0 aliphatic carbocycles. The van der Waals surface area contributed by atoms with Crippen LogP contribution >= 0.6 is 11.8 Å². The second-order valence-corrected chi connectivity index (χ2v) is 5.55. The Kier molecular flexibility index (Phi) is 5.93. The predicted octanol–water partition coefficient (Wildman–Crippen LogP) is 3.72. The van der Waals surface area contributed by atoms with Crippen molar-refractivity contribution in [3.05, 3.63) is 29.8 Å². The smallest absolute Gasteiger partial charge is 0.0184 e. The Morgan fingerprint density at radius 3 is 2.50 bits per heavy atom. The van der Waals surface area contributed by atoms with Crippen molar-refractivity contribution in [1.82, 2.24) is 5.32 Å². The summed E-state index contributed by atoms with van der Waals surface area (Å²) in [6.07, 6.45) is 0. The van der Waals surface area contributed by atoms with E-state index in [-0.39, 0.29) is 0 Å². The highest BCUT2D eigenvalue weighted by Crippen LogP contribution is 2.23. The molecule has 0 aliphatic rings. The first-order valence-electron chi connectivity index (χ1n) is 6.07. The third-order valence-corrected chi connectivity index (χ3v) is 4.08. The Bertz CT molecular complexity index is 309. The van der Waals surface area contributed by atoms with Crippen molar-refractivity contribution in [2.24, 2.45) is 5.92 Å². The van der Waals surface area contributed by atoms with Gasteiger partial charge < -0.3 is 5.32 Å². The fourth-order valence-electron chi connectivity index (χ4n) is 1.65. The quantitative estimate of drug-likeness (QED) is 0.757. The van der Waals surface area contributed by atoms with Crippen LogP contribution in [-0.2, 0) is 0 Å². The minimum Gasteiger partial charge on any atom is -0.313 e. The molecule has 1 rings (SSSR count). The van der Waals surface area contributed by atoms with Crippen molar-refractivity contribution in [3.63, 3.8) is 0 Å². The molecule has 1 atom stereocenters. The van der Waals surface area contributed by atoms with Gasteiger partial charge in [0.05, 0.1) is 0 Å². The van der Waals surface area contributed by atoms with Gasteiger partial charge in [0.15, 0.2) is 0 Å². The minimum atomic E-state index is 0.606. The van der Waals surface area contributed by atoms with Crippen molar-refractivity contribution >= 4 is 11.8 Å². The second kappa shape index (κ2) is 6.97. The fraction of sp³-hybridized carbons (Fsp3) is 0.571. The van der Waals surface area contributed by atoms with E-state index in [2.05, 4.69) is 57.3 Å². The van der Waals surface area contributed by atoms with Crippen molar-refractivity contribution in [1.29, 1.82) is 0 Å². The normalized spacial score (nSPS) is 13.1. The Morgan fingerprint density at radius 2 is 1.94 bits per heavy atom. The van der Waals surface area contributed by atoms with E-state index in [4.69, 9.17) is 0 Å². The highest BCUT2D eigenvalue weighted by atomic mass is 32.2. The lowest BCUT2D eigenvalue weighted by Crippen LogP contribution is -2.35. The molecule has 0 fully saturated rings. The number of aryl methyl sites for hydroxylation is 1. The van der Waals surface area contributed by atoms with E-state index in [9.17, 15) is 0 Å². The summed E-state index contributed by atoms with van der Waals surface area (Å²) in [5.74, 6) is 1.84. The van der Waals surface area contributed by atoms with Gasteiger partial charge in [-0.2, -0.15) is 0 Å². The maximum absolute atomic E-state index is 3.55. The number of benzene rings is 1. The molecule has 1 unspecified atom stereocenters. The van der Waals surface area contributed by atoms with E-state index in [1.54, 1.807) is 0 Å². The highest BCUT2D eigenvalue weighted by Gasteiger charge is 2.12. The monoisotopic (exact) mass is 237 g/mol. The van der Waals surface area contributed by atoms with Crippen LogP contribution in [0.25, 0.3) is 0 Å². The SMILES string of the molecule is CCNC(CSc1ccccc1C)C(C)C. The van der Waals surface area contributed by atoms with E-state index in [0.717, 1.165) is 12.3 Å². The van der Waals surface area contributed by atoms with Crippen LogP contribution in [0.2, 0.25) is 0 Å². The maximum Gasteiger partial charge on any atom is 0.0184 e. The average molecular weight is 237 g/mol. The third-order valence-electron chi connectivity index (χ3n) is 2.78. The molecule has 0 radical (unpaired) electrons. The van der Waals surface area contributed by atoms with E-state index in [0.29, 0.717) is 12.0 Å². The van der Waals surface area contributed by atoms with E-state index >= 15 is 0 Å². The van der Waals surface area contributed by atoms with E-state index in [1.165, 1.54) is 10.5 Å². The first-order valence-corrected chi connectivity index (χ1v) is 7.05. The fourth-order valence-corrected chi connectivity index (χ4v) is 2.98. The summed E-state index contributed by atoms with van der Waals surface area (Å²) in [7, 11) is 0. The lowest BCUT2D eigenvalue weighted by molar-refractivity contribution is 0.443. The molecule has 1 aromatic carbocycles. The molecule has 0 saturated carbocycles. The molecule has 0 heterocycles. The van der Waals surface area contributed by atoms with Gasteiger partial charge in [0.1, 0.15) is 0 Å². The van der Waals surface area contributed by atoms with Gasteiger partial charge in [0, 0.05) is 16.7 Å². The zero-order valence-corrected chi connectivity index (χ0v) is 11.6. The van der Waals surface area contributed by atoms with Crippen molar-refractivity contribution in [3.8, 4) is 0 Å². The van der Waals surface area contributed by atoms with Crippen LogP contribution in [0.1, 0.15) is 26.3 Å². The number of hydrogen-bond donors (Lipinski definition) is 1. The standard InChI is InChI=1S/C14H23NS/c1-5-15-13(11(2)3)10-16-14-9-7-6-8-12(14)4/h6-9,11,13,15H,5,10H2,1-4H3. The molecule has 0 bridgehead atoms. The van der Waals surface area contributed by atoms with Crippen LogP contribution in [0.15, 0.2) is 29.2 Å². The predicted molar refractivity (Wildman–Crippen MR) is 74.2 cm³/mol. The Morgan fingerprint density at radius 1 is 1.25 bits per heavy atom. The summed E-state index contributed by atoms with van der Waals surface area (Å²) in [6.45, 7) is 9.97. The molecule has 0 aliphatic heterocycles. The number of thioether (sulfide) groups is 1. The number of rotatable bonds is 6. The van der Waals surface area contributed by atoms with Crippen LogP contribution in [0.3, 0.4) is 0 Å². The van der Waals surface area contributed by atoms with Gasteiger partial charge in [-0.25, -0.2) is 0 Å². The Balaban J connectivity index is 2.52. The summed E-state index contributed by atoms with van der Waals surface area (Å²) in [6, 6.07) is 9.22. The summed E-state index contributed by atoms with van der Waals surface area (Å²) < 4.78 is 0. The van der Waals surface area contributed by atoms with Crippen molar-refractivity contribution in [2.45, 2.75) is 38.6 Å². The maximum atomic E-state index is 3.55. The summed E-state index contributed by atoms with van der Waals surface area (Å²) in [5.41, 5.74) is 1.38. The molecule has 0 aromatic heterocycles. The van der Waals surface area contributed by atoms with Gasteiger partial charge in [-0.3, -0.25) is 0 Å². The number of hydrogen-bond acceptors (Lipinski definition) is 2. The molecule has 1 aromatic rings. The molecular weight excluding hydrogens is 214 g/mol. The van der Waals surface area contributed by atoms with Gasteiger partial charge in [0.2, 0.25) is 0 Å². The van der Waals surface area contributed by atoms with E-state index < -0.39 is 0 Å². The average Bonchev–Trinajstić information content (AvgIpc) is 2.26. The van der Waals surface area contributed by atoms with Crippen LogP contribution in [-0.4, -0.2) is 18.3 Å². The highest BCUT2D eigenvalue weighted by molar-refractivity contribution is 7.99. The largest absolute Gasteiger partial charge is 0.313 e. The van der Waals surface area contributed by atoms with Crippen molar-refractivity contribution in [2.75, 3.05) is 12.3 Å². The summed E-state index contributed by atoms with van der Waals surface area (Å²) >= 11 is 1.96. The van der Waals surface area contributed by atoms with E-state index in [1.807, 2.05) is 11.8 Å². The van der Waals surface area contributed by atoms with Crippen molar-refractivity contribution < 1.29 is 0 Å². The third kappa shape index (κ3) is 4.18. The molecule has 2 heteroatoms. The van der Waals surface area contributed by atoms with Gasteiger partial charge in [-0.15, -0.1) is 11.8 Å². The van der Waals surface area contributed by atoms with Crippen LogP contribution in [0.4, 0.5) is 0 Å². The van der Waals surface area contributed by atoms with Crippen LogP contribution in [0, 0.1) is 12.8 Å². The summed E-state index contributed by atoms with van der Waals surface area (Å²) in [4.78, 5) is 1.41. The zero-order valence-electron chi connectivity index (χ0n) is 10.8. The lowest BCUT2D eigenvalue weighted by atomic mass is 10.1. The molecule has 90 valence electrons. The molecule has 0 spiro atoms. The molecular formula is C14H23NS. The topological polar surface area (TPSA) is 12.0 Å². The Hall–Kier alpha value is -0.470. The molecule has 0 amide bonds. The zero-order chi connectivity index (χ0) is 12.0. The van der Waals surface area contributed by atoms with Gasteiger partial charge >= 0.3 is 0 Å².